The number of likely N-dealkylation sites (tertiary alicyclic amines) is 1. The minimum atomic E-state index is -0.628. The van der Waals surface area contributed by atoms with Gasteiger partial charge in [-0.05, 0) is 101 Å². The Morgan fingerprint density at radius 2 is 1.67 bits per heavy atom. The summed E-state index contributed by atoms with van der Waals surface area (Å²) in [6, 6.07) is 23.8. The lowest BCUT2D eigenvalue weighted by Gasteiger charge is -2.43. The van der Waals surface area contributed by atoms with Gasteiger partial charge in [-0.2, -0.15) is 0 Å². The SMILES string of the molecule is CON=C(CCCN1CCC2(CC1)C(=O)N(Cc1cccc(C(=O)OC(C)(C)C)c1)CN2c1ccccc1)c1ccc(F)cc1. The number of para-hydroxylation sites is 1. The maximum Gasteiger partial charge on any atom is 0.338 e. The first-order chi connectivity index (χ1) is 21.6. The number of rotatable bonds is 10. The van der Waals surface area contributed by atoms with Crippen molar-refractivity contribution in [1.82, 2.24) is 9.80 Å². The third-order valence-corrected chi connectivity index (χ3v) is 8.47. The number of amides is 1. The summed E-state index contributed by atoms with van der Waals surface area (Å²) in [7, 11) is 1.52. The topological polar surface area (TPSA) is 74.7 Å². The Bertz CT molecular complexity index is 1500. The normalized spacial score (nSPS) is 17.2. The summed E-state index contributed by atoms with van der Waals surface area (Å²) < 4.78 is 19.0. The van der Waals surface area contributed by atoms with Gasteiger partial charge >= 0.3 is 5.97 Å². The number of anilines is 1. The fourth-order valence-corrected chi connectivity index (χ4v) is 6.29. The second-order valence-electron chi connectivity index (χ2n) is 12.8. The number of nitrogens with zero attached hydrogens (tertiary/aromatic N) is 4. The smallest absolute Gasteiger partial charge is 0.338 e. The summed E-state index contributed by atoms with van der Waals surface area (Å²) in [6.07, 6.45) is 2.99. The van der Waals surface area contributed by atoms with Crippen LogP contribution in [-0.4, -0.2) is 71.9 Å². The van der Waals surface area contributed by atoms with Gasteiger partial charge in [0.05, 0.1) is 17.9 Å². The molecule has 45 heavy (non-hydrogen) atoms. The van der Waals surface area contributed by atoms with Crippen LogP contribution < -0.4 is 4.90 Å². The summed E-state index contributed by atoms with van der Waals surface area (Å²) in [5.74, 6) is -0.527. The molecule has 3 aromatic carbocycles. The van der Waals surface area contributed by atoms with E-state index in [4.69, 9.17) is 9.57 Å². The first-order valence-electron chi connectivity index (χ1n) is 15.6. The number of ether oxygens (including phenoxy) is 1. The number of hydrogen-bond donors (Lipinski definition) is 0. The van der Waals surface area contributed by atoms with Crippen LogP contribution in [0.25, 0.3) is 0 Å². The first-order valence-corrected chi connectivity index (χ1v) is 15.6. The molecule has 0 unspecified atom stereocenters. The Morgan fingerprint density at radius 3 is 2.33 bits per heavy atom. The van der Waals surface area contributed by atoms with E-state index in [2.05, 4.69) is 27.1 Å². The molecular formula is C36H43FN4O4. The van der Waals surface area contributed by atoms with Crippen LogP contribution in [0.1, 0.15) is 67.9 Å². The molecule has 2 heterocycles. The molecule has 3 aromatic rings. The molecular weight excluding hydrogens is 571 g/mol. The third kappa shape index (κ3) is 7.71. The van der Waals surface area contributed by atoms with Crippen LogP contribution in [0.3, 0.4) is 0 Å². The molecule has 0 N–H and O–H groups in total. The molecule has 2 aliphatic rings. The van der Waals surface area contributed by atoms with E-state index >= 15 is 0 Å². The van der Waals surface area contributed by atoms with Crippen LogP contribution in [0.4, 0.5) is 10.1 Å². The Hall–Kier alpha value is -4.24. The Kier molecular flexibility index (Phi) is 9.87. The number of esters is 1. The van der Waals surface area contributed by atoms with E-state index in [0.717, 1.165) is 48.6 Å². The summed E-state index contributed by atoms with van der Waals surface area (Å²) in [5, 5.41) is 4.18. The van der Waals surface area contributed by atoms with Crippen molar-refractivity contribution in [3.8, 4) is 0 Å². The van der Waals surface area contributed by atoms with E-state index in [1.54, 1.807) is 18.2 Å². The monoisotopic (exact) mass is 614 g/mol. The molecule has 0 radical (unpaired) electrons. The van der Waals surface area contributed by atoms with Gasteiger partial charge in [0.2, 0.25) is 5.91 Å². The lowest BCUT2D eigenvalue weighted by atomic mass is 9.85. The van der Waals surface area contributed by atoms with E-state index in [1.165, 1.54) is 19.2 Å². The van der Waals surface area contributed by atoms with Crippen LogP contribution in [0, 0.1) is 5.82 Å². The van der Waals surface area contributed by atoms with Crippen LogP contribution >= 0.6 is 0 Å². The average Bonchev–Trinajstić information content (AvgIpc) is 3.28. The molecule has 1 amide bonds. The van der Waals surface area contributed by atoms with E-state index in [1.807, 2.05) is 62.1 Å². The molecule has 238 valence electrons. The lowest BCUT2D eigenvalue weighted by molar-refractivity contribution is -0.134. The number of benzene rings is 3. The highest BCUT2D eigenvalue weighted by molar-refractivity contribution is 6.00. The van der Waals surface area contributed by atoms with Crippen molar-refractivity contribution in [3.63, 3.8) is 0 Å². The predicted octanol–water partition coefficient (Wildman–Crippen LogP) is 6.25. The number of piperidine rings is 1. The Morgan fingerprint density at radius 1 is 0.956 bits per heavy atom. The zero-order valence-corrected chi connectivity index (χ0v) is 26.7. The third-order valence-electron chi connectivity index (χ3n) is 8.47. The molecule has 0 aromatic heterocycles. The van der Waals surface area contributed by atoms with Crippen molar-refractivity contribution >= 4 is 23.3 Å². The Labute approximate surface area is 265 Å². The molecule has 5 rings (SSSR count). The van der Waals surface area contributed by atoms with Gasteiger partial charge in [-0.1, -0.05) is 47.6 Å². The highest BCUT2D eigenvalue weighted by Gasteiger charge is 2.53. The molecule has 0 saturated carbocycles. The molecule has 2 saturated heterocycles. The number of carbonyl (C=O) groups excluding carboxylic acids is 2. The van der Waals surface area contributed by atoms with Gasteiger partial charge in [0, 0.05) is 25.3 Å². The highest BCUT2D eigenvalue weighted by atomic mass is 19.1. The highest BCUT2D eigenvalue weighted by Crippen LogP contribution is 2.40. The number of oxime groups is 1. The average molecular weight is 615 g/mol. The van der Waals surface area contributed by atoms with Crippen molar-refractivity contribution < 1.29 is 23.6 Å². The van der Waals surface area contributed by atoms with Crippen LogP contribution in [0.2, 0.25) is 0 Å². The predicted molar refractivity (Wildman–Crippen MR) is 174 cm³/mol. The summed E-state index contributed by atoms with van der Waals surface area (Å²) in [6.45, 7) is 8.89. The van der Waals surface area contributed by atoms with Gasteiger partial charge in [-0.3, -0.25) is 4.79 Å². The van der Waals surface area contributed by atoms with Crippen LogP contribution in [0.5, 0.6) is 0 Å². The van der Waals surface area contributed by atoms with Crippen molar-refractivity contribution in [2.75, 3.05) is 38.3 Å². The maximum atomic E-state index is 14.3. The summed E-state index contributed by atoms with van der Waals surface area (Å²) in [5.41, 5.74) is 2.83. The van der Waals surface area contributed by atoms with E-state index in [9.17, 15) is 14.0 Å². The van der Waals surface area contributed by atoms with Gasteiger partial charge in [0.15, 0.2) is 0 Å². The van der Waals surface area contributed by atoms with E-state index in [-0.39, 0.29) is 17.7 Å². The van der Waals surface area contributed by atoms with E-state index in [0.29, 0.717) is 38.0 Å². The largest absolute Gasteiger partial charge is 0.456 e. The zero-order chi connectivity index (χ0) is 32.0. The first kappa shape index (κ1) is 32.2. The molecule has 9 heteroatoms. The molecule has 0 bridgehead atoms. The fraction of sp³-hybridized carbons (Fsp3) is 0.417. The lowest BCUT2D eigenvalue weighted by Crippen LogP contribution is -2.56. The minimum absolute atomic E-state index is 0.125. The van der Waals surface area contributed by atoms with Gasteiger partial charge in [0.1, 0.15) is 24.1 Å². The summed E-state index contributed by atoms with van der Waals surface area (Å²) in [4.78, 5) is 38.6. The number of carbonyl (C=O) groups is 2. The molecule has 2 fully saturated rings. The summed E-state index contributed by atoms with van der Waals surface area (Å²) >= 11 is 0. The van der Waals surface area contributed by atoms with Crippen molar-refractivity contribution in [3.05, 3.63) is 101 Å². The van der Waals surface area contributed by atoms with Crippen LogP contribution in [-0.2, 0) is 20.9 Å². The second kappa shape index (κ2) is 13.8. The zero-order valence-electron chi connectivity index (χ0n) is 26.7. The minimum Gasteiger partial charge on any atom is -0.456 e. The van der Waals surface area contributed by atoms with Gasteiger partial charge < -0.3 is 24.3 Å². The van der Waals surface area contributed by atoms with Crippen molar-refractivity contribution in [2.24, 2.45) is 5.16 Å². The fourth-order valence-electron chi connectivity index (χ4n) is 6.29. The standard InChI is InChI=1S/C36H43FN4O4/c1-35(2,3)45-33(42)29-11-8-10-27(24-29)25-40-26-41(31-12-6-5-7-13-31)36(34(40)43)19-22-39(23-20-36)21-9-14-32(38-44-4)28-15-17-30(37)18-16-28/h5-8,10-13,15-18,24H,9,14,19-23,25-26H2,1-4H3. The van der Waals surface area contributed by atoms with E-state index < -0.39 is 11.1 Å². The van der Waals surface area contributed by atoms with Gasteiger partial charge in [-0.15, -0.1) is 0 Å². The van der Waals surface area contributed by atoms with Crippen molar-refractivity contribution in [1.29, 1.82) is 0 Å². The number of hydrogen-bond acceptors (Lipinski definition) is 7. The number of halogens is 1. The molecule has 2 aliphatic heterocycles. The second-order valence-corrected chi connectivity index (χ2v) is 12.8. The Balaban J connectivity index is 1.26. The van der Waals surface area contributed by atoms with Gasteiger partial charge in [0.25, 0.3) is 0 Å². The molecule has 0 aliphatic carbocycles. The van der Waals surface area contributed by atoms with Crippen molar-refractivity contribution in [2.45, 2.75) is 64.1 Å². The van der Waals surface area contributed by atoms with Crippen LogP contribution in [0.15, 0.2) is 84.0 Å². The van der Waals surface area contributed by atoms with Gasteiger partial charge in [-0.25, -0.2) is 9.18 Å². The quantitative estimate of drug-likeness (QED) is 0.153. The molecule has 8 nitrogen and oxygen atoms in total. The maximum absolute atomic E-state index is 14.3. The molecule has 1 spiro atoms. The molecule has 0 atom stereocenters.